The number of aromatic nitrogens is 1. The van der Waals surface area contributed by atoms with Crippen molar-refractivity contribution in [2.24, 2.45) is 5.92 Å². The van der Waals surface area contributed by atoms with E-state index in [4.69, 9.17) is 4.74 Å². The van der Waals surface area contributed by atoms with Crippen LogP contribution in [0.25, 0.3) is 0 Å². The van der Waals surface area contributed by atoms with Gasteiger partial charge in [-0.1, -0.05) is 0 Å². The fourth-order valence-electron chi connectivity index (χ4n) is 2.97. The average Bonchev–Trinajstić information content (AvgIpc) is 2.98. The fraction of sp³-hybridized carbons (Fsp3) is 0.600. The number of nitrogens with one attached hydrogen (secondary N) is 1. The molecule has 3 heterocycles. The SMILES string of the molecule is O=C(NC1CCOCC1)C1CCN(c2ncc(Br)cc2F)C1. The molecule has 1 N–H and O–H groups in total. The van der Waals surface area contributed by atoms with Gasteiger partial charge in [-0.3, -0.25) is 4.79 Å². The Morgan fingerprint density at radius 3 is 2.91 bits per heavy atom. The molecule has 2 aliphatic rings. The summed E-state index contributed by atoms with van der Waals surface area (Å²) in [6, 6.07) is 1.61. The Morgan fingerprint density at radius 1 is 1.41 bits per heavy atom. The molecule has 0 radical (unpaired) electrons. The largest absolute Gasteiger partial charge is 0.381 e. The van der Waals surface area contributed by atoms with Crippen LogP contribution < -0.4 is 10.2 Å². The maximum Gasteiger partial charge on any atom is 0.225 e. The molecule has 1 aromatic rings. The summed E-state index contributed by atoms with van der Waals surface area (Å²) in [6.45, 7) is 2.57. The van der Waals surface area contributed by atoms with Crippen LogP contribution in [0.5, 0.6) is 0 Å². The third kappa shape index (κ3) is 3.57. The maximum absolute atomic E-state index is 14.0. The molecular formula is C15H19BrFN3O2. The zero-order valence-corrected chi connectivity index (χ0v) is 13.8. The molecule has 3 rings (SSSR count). The molecule has 7 heteroatoms. The van der Waals surface area contributed by atoms with E-state index in [1.807, 2.05) is 4.90 Å². The van der Waals surface area contributed by atoms with Crippen LogP contribution in [0.4, 0.5) is 10.2 Å². The van der Waals surface area contributed by atoms with E-state index in [9.17, 15) is 9.18 Å². The molecule has 0 aliphatic carbocycles. The molecule has 22 heavy (non-hydrogen) atoms. The van der Waals surface area contributed by atoms with Gasteiger partial charge in [-0.2, -0.15) is 0 Å². The van der Waals surface area contributed by atoms with Crippen LogP contribution in [-0.4, -0.2) is 43.2 Å². The molecule has 1 amide bonds. The lowest BCUT2D eigenvalue weighted by atomic mass is 10.1. The quantitative estimate of drug-likeness (QED) is 0.883. The molecule has 0 bridgehead atoms. The number of carbonyl (C=O) groups excluding carboxylic acids is 1. The molecule has 120 valence electrons. The first-order valence-electron chi connectivity index (χ1n) is 7.57. The Balaban J connectivity index is 1.58. The van der Waals surface area contributed by atoms with E-state index < -0.39 is 0 Å². The second-order valence-electron chi connectivity index (χ2n) is 5.79. The van der Waals surface area contributed by atoms with Crippen molar-refractivity contribution in [2.75, 3.05) is 31.2 Å². The number of carbonyl (C=O) groups is 1. The van der Waals surface area contributed by atoms with E-state index in [-0.39, 0.29) is 23.7 Å². The Hall–Kier alpha value is -1.21. The molecule has 0 spiro atoms. The molecule has 2 fully saturated rings. The highest BCUT2D eigenvalue weighted by molar-refractivity contribution is 9.10. The van der Waals surface area contributed by atoms with Crippen molar-refractivity contribution >= 4 is 27.7 Å². The van der Waals surface area contributed by atoms with E-state index >= 15 is 0 Å². The molecular weight excluding hydrogens is 353 g/mol. The van der Waals surface area contributed by atoms with Crippen molar-refractivity contribution in [2.45, 2.75) is 25.3 Å². The predicted molar refractivity (Wildman–Crippen MR) is 84.2 cm³/mol. The summed E-state index contributed by atoms with van der Waals surface area (Å²) in [5.74, 6) is -0.0796. The standard InChI is InChI=1S/C15H19BrFN3O2/c16-11-7-13(17)14(18-8-11)20-4-1-10(9-20)15(21)19-12-2-5-22-6-3-12/h7-8,10,12H,1-6,9H2,(H,19,21). The second-order valence-corrected chi connectivity index (χ2v) is 6.70. The van der Waals surface area contributed by atoms with E-state index in [0.29, 0.717) is 36.6 Å². The minimum absolute atomic E-state index is 0.0620. The van der Waals surface area contributed by atoms with E-state index in [2.05, 4.69) is 26.2 Å². The lowest BCUT2D eigenvalue weighted by Crippen LogP contribution is -2.42. The Labute approximate surface area is 137 Å². The van der Waals surface area contributed by atoms with E-state index in [1.165, 1.54) is 6.07 Å². The van der Waals surface area contributed by atoms with Crippen LogP contribution in [-0.2, 0) is 9.53 Å². The number of ether oxygens (including phenoxy) is 1. The first kappa shape index (κ1) is 15.7. The van der Waals surface area contributed by atoms with Crippen LogP contribution in [0, 0.1) is 11.7 Å². The zero-order valence-electron chi connectivity index (χ0n) is 12.2. The van der Waals surface area contributed by atoms with Gasteiger partial charge in [0.25, 0.3) is 0 Å². The summed E-state index contributed by atoms with van der Waals surface area (Å²) >= 11 is 3.20. The number of anilines is 1. The Kier molecular flexibility index (Phi) is 4.93. The lowest BCUT2D eigenvalue weighted by Gasteiger charge is -2.24. The molecule has 0 aromatic carbocycles. The average molecular weight is 372 g/mol. The van der Waals surface area contributed by atoms with Crippen LogP contribution in [0.15, 0.2) is 16.7 Å². The van der Waals surface area contributed by atoms with Gasteiger partial charge in [-0.15, -0.1) is 0 Å². The number of hydrogen-bond donors (Lipinski definition) is 1. The van der Waals surface area contributed by atoms with E-state index in [1.54, 1.807) is 6.20 Å². The number of nitrogens with zero attached hydrogens (tertiary/aromatic N) is 2. The number of halogens is 2. The van der Waals surface area contributed by atoms with Crippen molar-refractivity contribution in [3.05, 3.63) is 22.6 Å². The summed E-state index contributed by atoms with van der Waals surface area (Å²) < 4.78 is 19.9. The van der Waals surface area contributed by atoms with Gasteiger partial charge in [0.15, 0.2) is 11.6 Å². The van der Waals surface area contributed by atoms with Crippen molar-refractivity contribution in [3.8, 4) is 0 Å². The highest BCUT2D eigenvalue weighted by atomic mass is 79.9. The van der Waals surface area contributed by atoms with Crippen molar-refractivity contribution in [1.82, 2.24) is 10.3 Å². The first-order chi connectivity index (χ1) is 10.6. The second kappa shape index (κ2) is 6.91. The smallest absolute Gasteiger partial charge is 0.225 e. The van der Waals surface area contributed by atoms with Crippen LogP contribution >= 0.6 is 15.9 Å². The van der Waals surface area contributed by atoms with E-state index in [0.717, 1.165) is 19.3 Å². The monoisotopic (exact) mass is 371 g/mol. The topological polar surface area (TPSA) is 54.5 Å². The molecule has 1 atom stereocenters. The van der Waals surface area contributed by atoms with Gasteiger partial charge in [0.1, 0.15) is 0 Å². The Bertz CT molecular complexity index is 552. The third-order valence-corrected chi connectivity index (χ3v) is 4.65. The number of amides is 1. The van der Waals surface area contributed by atoms with Crippen molar-refractivity contribution < 1.29 is 13.9 Å². The highest BCUT2D eigenvalue weighted by Crippen LogP contribution is 2.26. The number of rotatable bonds is 3. The van der Waals surface area contributed by atoms with Crippen molar-refractivity contribution in [3.63, 3.8) is 0 Å². The van der Waals surface area contributed by atoms with Crippen LogP contribution in [0.1, 0.15) is 19.3 Å². The predicted octanol–water partition coefficient (Wildman–Crippen LogP) is 2.10. The van der Waals surface area contributed by atoms with Crippen LogP contribution in [0.3, 0.4) is 0 Å². The Morgan fingerprint density at radius 2 is 2.18 bits per heavy atom. The zero-order chi connectivity index (χ0) is 15.5. The molecule has 2 saturated heterocycles. The lowest BCUT2D eigenvalue weighted by molar-refractivity contribution is -0.125. The summed E-state index contributed by atoms with van der Waals surface area (Å²) in [5.41, 5.74) is 0. The summed E-state index contributed by atoms with van der Waals surface area (Å²) in [6.07, 6.45) is 4.04. The first-order valence-corrected chi connectivity index (χ1v) is 8.37. The van der Waals surface area contributed by atoms with Gasteiger partial charge >= 0.3 is 0 Å². The normalized spacial score (nSPS) is 22.8. The van der Waals surface area contributed by atoms with Gasteiger partial charge in [0.05, 0.1) is 5.92 Å². The third-order valence-electron chi connectivity index (χ3n) is 4.21. The van der Waals surface area contributed by atoms with Gasteiger partial charge in [-0.05, 0) is 41.3 Å². The van der Waals surface area contributed by atoms with Gasteiger partial charge in [0, 0.05) is 43.0 Å². The fourth-order valence-corrected chi connectivity index (χ4v) is 3.27. The molecule has 1 unspecified atom stereocenters. The molecule has 5 nitrogen and oxygen atoms in total. The van der Waals surface area contributed by atoms with Gasteiger partial charge in [-0.25, -0.2) is 9.37 Å². The van der Waals surface area contributed by atoms with Gasteiger partial charge in [0.2, 0.25) is 5.91 Å². The number of hydrogen-bond acceptors (Lipinski definition) is 4. The summed E-state index contributed by atoms with van der Waals surface area (Å²) in [4.78, 5) is 18.3. The minimum atomic E-state index is -0.361. The number of pyridine rings is 1. The summed E-state index contributed by atoms with van der Waals surface area (Å²) in [5, 5.41) is 3.09. The van der Waals surface area contributed by atoms with Crippen LogP contribution in [0.2, 0.25) is 0 Å². The van der Waals surface area contributed by atoms with Gasteiger partial charge < -0.3 is 15.0 Å². The van der Waals surface area contributed by atoms with Crippen molar-refractivity contribution in [1.29, 1.82) is 0 Å². The molecule has 1 aromatic heterocycles. The molecule has 0 saturated carbocycles. The summed E-state index contributed by atoms with van der Waals surface area (Å²) in [7, 11) is 0. The maximum atomic E-state index is 14.0. The minimum Gasteiger partial charge on any atom is -0.381 e. The highest BCUT2D eigenvalue weighted by Gasteiger charge is 2.31. The molecule has 2 aliphatic heterocycles.